The van der Waals surface area contributed by atoms with Crippen LogP contribution >= 0.6 is 0 Å². The summed E-state index contributed by atoms with van der Waals surface area (Å²) in [6, 6.07) is 16.2. The number of aromatic nitrogens is 1. The summed E-state index contributed by atoms with van der Waals surface area (Å²) in [5.74, 6) is 0.468. The first-order chi connectivity index (χ1) is 11.7. The summed E-state index contributed by atoms with van der Waals surface area (Å²) in [5, 5.41) is 3.03. The maximum absolute atomic E-state index is 12.2. The third kappa shape index (κ3) is 4.65. The average molecular weight is 323 g/mol. The van der Waals surface area contributed by atoms with Crippen molar-refractivity contribution in [3.05, 3.63) is 65.5 Å². The van der Waals surface area contributed by atoms with Gasteiger partial charge in [-0.1, -0.05) is 36.4 Å². The lowest BCUT2D eigenvalue weighted by Gasteiger charge is -2.16. The lowest BCUT2D eigenvalue weighted by atomic mass is 10.1. The molecule has 126 valence electrons. The Morgan fingerprint density at radius 2 is 2.04 bits per heavy atom. The van der Waals surface area contributed by atoms with Gasteiger partial charge in [-0.2, -0.15) is 0 Å². The maximum Gasteiger partial charge on any atom is 0.269 e. The molecule has 2 heterocycles. The van der Waals surface area contributed by atoms with Crippen LogP contribution in [0.4, 0.5) is 0 Å². The standard InChI is InChI=1S/C20H25N3O/c1-16-6-5-9-19(22-16)20(24)21-14-18-11-13-23(15-18)12-10-17-7-3-2-4-8-17/h2-9,18H,10-15H2,1H3,(H,21,24). The largest absolute Gasteiger partial charge is 0.350 e. The Kier molecular flexibility index (Phi) is 5.59. The molecular formula is C20H25N3O. The minimum atomic E-state index is -0.0681. The summed E-state index contributed by atoms with van der Waals surface area (Å²) < 4.78 is 0. The van der Waals surface area contributed by atoms with Crippen LogP contribution in [0.3, 0.4) is 0 Å². The molecule has 1 aromatic carbocycles. The third-order valence-corrected chi connectivity index (χ3v) is 4.60. The number of hydrogen-bond donors (Lipinski definition) is 1. The van der Waals surface area contributed by atoms with Gasteiger partial charge in [0.15, 0.2) is 0 Å². The molecule has 1 atom stereocenters. The van der Waals surface area contributed by atoms with Gasteiger partial charge in [-0.3, -0.25) is 4.79 Å². The predicted molar refractivity (Wildman–Crippen MR) is 96.0 cm³/mol. The van der Waals surface area contributed by atoms with Gasteiger partial charge in [0.1, 0.15) is 5.69 Å². The van der Waals surface area contributed by atoms with Crippen LogP contribution in [0.1, 0.15) is 28.2 Å². The van der Waals surface area contributed by atoms with Gasteiger partial charge in [-0.05, 0) is 49.9 Å². The third-order valence-electron chi connectivity index (χ3n) is 4.60. The molecule has 1 aromatic heterocycles. The van der Waals surface area contributed by atoms with Crippen molar-refractivity contribution < 1.29 is 4.79 Å². The smallest absolute Gasteiger partial charge is 0.269 e. The molecule has 4 heteroatoms. The topological polar surface area (TPSA) is 45.2 Å². The summed E-state index contributed by atoms with van der Waals surface area (Å²) in [4.78, 5) is 18.9. The van der Waals surface area contributed by atoms with Crippen molar-refractivity contribution in [2.24, 2.45) is 5.92 Å². The number of benzene rings is 1. The molecule has 0 radical (unpaired) electrons. The second kappa shape index (κ2) is 8.06. The molecule has 3 rings (SSSR count). The molecule has 1 unspecified atom stereocenters. The predicted octanol–water partition coefficient (Wildman–Crippen LogP) is 2.68. The van der Waals surface area contributed by atoms with Crippen molar-refractivity contribution in [1.82, 2.24) is 15.2 Å². The van der Waals surface area contributed by atoms with E-state index in [-0.39, 0.29) is 5.91 Å². The van der Waals surface area contributed by atoms with Crippen LogP contribution in [-0.2, 0) is 6.42 Å². The molecule has 0 saturated carbocycles. The van der Waals surface area contributed by atoms with Gasteiger partial charge in [0.25, 0.3) is 5.91 Å². The van der Waals surface area contributed by atoms with Gasteiger partial charge in [0.2, 0.25) is 0 Å². The number of likely N-dealkylation sites (tertiary alicyclic amines) is 1. The number of hydrogen-bond acceptors (Lipinski definition) is 3. The molecule has 2 aromatic rings. The van der Waals surface area contributed by atoms with Crippen molar-refractivity contribution in [1.29, 1.82) is 0 Å². The number of aryl methyl sites for hydroxylation is 1. The van der Waals surface area contributed by atoms with Crippen LogP contribution in [0.5, 0.6) is 0 Å². The molecule has 0 bridgehead atoms. The van der Waals surface area contributed by atoms with Crippen LogP contribution in [0.15, 0.2) is 48.5 Å². The SMILES string of the molecule is Cc1cccc(C(=O)NCC2CCN(CCc3ccccc3)C2)n1. The first kappa shape index (κ1) is 16.7. The van der Waals surface area contributed by atoms with Crippen molar-refractivity contribution in [3.8, 4) is 0 Å². The fourth-order valence-corrected chi connectivity index (χ4v) is 3.21. The van der Waals surface area contributed by atoms with Gasteiger partial charge >= 0.3 is 0 Å². The van der Waals surface area contributed by atoms with Crippen LogP contribution < -0.4 is 5.32 Å². The van der Waals surface area contributed by atoms with E-state index in [0.29, 0.717) is 11.6 Å². The van der Waals surface area contributed by atoms with Crippen molar-refractivity contribution >= 4 is 5.91 Å². The summed E-state index contributed by atoms with van der Waals surface area (Å²) in [6.45, 7) is 5.91. The number of amides is 1. The molecule has 0 spiro atoms. The highest BCUT2D eigenvalue weighted by molar-refractivity contribution is 5.92. The number of carbonyl (C=O) groups excluding carboxylic acids is 1. The highest BCUT2D eigenvalue weighted by Gasteiger charge is 2.22. The van der Waals surface area contributed by atoms with E-state index in [0.717, 1.165) is 44.7 Å². The molecule has 1 amide bonds. The average Bonchev–Trinajstić information content (AvgIpc) is 3.07. The first-order valence-corrected chi connectivity index (χ1v) is 8.69. The zero-order valence-corrected chi connectivity index (χ0v) is 14.2. The molecular weight excluding hydrogens is 298 g/mol. The van der Waals surface area contributed by atoms with Gasteiger partial charge in [-0.15, -0.1) is 0 Å². The lowest BCUT2D eigenvalue weighted by Crippen LogP contribution is -2.32. The second-order valence-electron chi connectivity index (χ2n) is 6.57. The quantitative estimate of drug-likeness (QED) is 0.889. The first-order valence-electron chi connectivity index (χ1n) is 8.69. The Hall–Kier alpha value is -2.20. The fraction of sp³-hybridized carbons (Fsp3) is 0.400. The number of nitrogens with one attached hydrogen (secondary N) is 1. The number of carbonyl (C=O) groups is 1. The molecule has 1 N–H and O–H groups in total. The number of nitrogens with zero attached hydrogens (tertiary/aromatic N) is 2. The van der Waals surface area contributed by atoms with Gasteiger partial charge in [0, 0.05) is 25.3 Å². The Morgan fingerprint density at radius 3 is 2.83 bits per heavy atom. The van der Waals surface area contributed by atoms with Gasteiger partial charge in [0.05, 0.1) is 0 Å². The second-order valence-corrected chi connectivity index (χ2v) is 6.57. The van der Waals surface area contributed by atoms with Crippen LogP contribution in [0.2, 0.25) is 0 Å². The maximum atomic E-state index is 12.2. The van der Waals surface area contributed by atoms with E-state index >= 15 is 0 Å². The van der Waals surface area contributed by atoms with Crippen LogP contribution in [0, 0.1) is 12.8 Å². The highest BCUT2D eigenvalue weighted by Crippen LogP contribution is 2.16. The molecule has 0 aliphatic carbocycles. The Morgan fingerprint density at radius 1 is 1.21 bits per heavy atom. The lowest BCUT2D eigenvalue weighted by molar-refractivity contribution is 0.0942. The Bertz CT molecular complexity index is 672. The Labute approximate surface area is 143 Å². The minimum absolute atomic E-state index is 0.0681. The monoisotopic (exact) mass is 323 g/mol. The van der Waals surface area contributed by atoms with Crippen LogP contribution in [-0.4, -0.2) is 42.0 Å². The summed E-state index contributed by atoms with van der Waals surface area (Å²) in [5.41, 5.74) is 2.77. The minimum Gasteiger partial charge on any atom is -0.350 e. The molecule has 24 heavy (non-hydrogen) atoms. The van der Waals surface area contributed by atoms with E-state index < -0.39 is 0 Å². The van der Waals surface area contributed by atoms with Crippen LogP contribution in [0.25, 0.3) is 0 Å². The van der Waals surface area contributed by atoms with E-state index in [1.54, 1.807) is 6.07 Å². The zero-order chi connectivity index (χ0) is 16.8. The fourth-order valence-electron chi connectivity index (χ4n) is 3.21. The zero-order valence-electron chi connectivity index (χ0n) is 14.2. The molecule has 1 aliphatic rings. The van der Waals surface area contributed by atoms with Gasteiger partial charge in [-0.25, -0.2) is 4.98 Å². The molecule has 1 aliphatic heterocycles. The van der Waals surface area contributed by atoms with Gasteiger partial charge < -0.3 is 10.2 Å². The van der Waals surface area contributed by atoms with E-state index in [2.05, 4.69) is 45.5 Å². The highest BCUT2D eigenvalue weighted by atomic mass is 16.1. The summed E-state index contributed by atoms with van der Waals surface area (Å²) in [6.07, 6.45) is 2.24. The number of pyridine rings is 1. The van der Waals surface area contributed by atoms with E-state index in [1.807, 2.05) is 19.1 Å². The van der Waals surface area contributed by atoms with E-state index in [4.69, 9.17) is 0 Å². The molecule has 1 saturated heterocycles. The van der Waals surface area contributed by atoms with E-state index in [9.17, 15) is 4.79 Å². The normalized spacial score (nSPS) is 17.8. The molecule has 4 nitrogen and oxygen atoms in total. The van der Waals surface area contributed by atoms with Crippen molar-refractivity contribution in [3.63, 3.8) is 0 Å². The van der Waals surface area contributed by atoms with E-state index in [1.165, 1.54) is 5.56 Å². The summed E-state index contributed by atoms with van der Waals surface area (Å²) >= 11 is 0. The number of rotatable bonds is 6. The van der Waals surface area contributed by atoms with Crippen molar-refractivity contribution in [2.75, 3.05) is 26.2 Å². The Balaban J connectivity index is 1.40. The summed E-state index contributed by atoms with van der Waals surface area (Å²) in [7, 11) is 0. The molecule has 1 fully saturated rings. The van der Waals surface area contributed by atoms with Crippen molar-refractivity contribution in [2.45, 2.75) is 19.8 Å².